The molecule has 3 heterocycles. The molecule has 176 valence electrons. The fourth-order valence-corrected chi connectivity index (χ4v) is 5.00. The van der Waals surface area contributed by atoms with Crippen molar-refractivity contribution in [3.63, 3.8) is 0 Å². The molecule has 0 N–H and O–H groups in total. The molecule has 10 heteroatoms. The molecule has 2 aliphatic rings. The second-order valence-electron chi connectivity index (χ2n) is 8.18. The first-order chi connectivity index (χ1) is 15.7. The van der Waals surface area contributed by atoms with E-state index in [-0.39, 0.29) is 24.0 Å². The van der Waals surface area contributed by atoms with Gasteiger partial charge in [-0.05, 0) is 60.5 Å². The molecular weight excluding hydrogens is 457 g/mol. The number of nitrogens with zero attached hydrogens (tertiary/aromatic N) is 2. The number of piperidine rings is 1. The van der Waals surface area contributed by atoms with E-state index in [1.165, 1.54) is 9.78 Å². The summed E-state index contributed by atoms with van der Waals surface area (Å²) in [5, 5.41) is 2.01. The van der Waals surface area contributed by atoms with Crippen LogP contribution in [0.2, 0.25) is 0 Å². The smallest absolute Gasteiger partial charge is 0.416 e. The van der Waals surface area contributed by atoms with Crippen LogP contribution in [0.15, 0.2) is 35.7 Å². The molecule has 1 aromatic heterocycles. The number of hydrogen-bond donors (Lipinski definition) is 0. The zero-order valence-corrected chi connectivity index (χ0v) is 18.6. The SMILES string of the molecule is O=C(OCC(=O)N1CCc2sccc2C1)C1CCN(C(=O)c2ccc(C(F)(F)F)cc2)CC1. The first-order valence-corrected chi connectivity index (χ1v) is 11.6. The van der Waals surface area contributed by atoms with E-state index in [1.807, 2.05) is 11.4 Å². The fraction of sp³-hybridized carbons (Fsp3) is 0.435. The van der Waals surface area contributed by atoms with Gasteiger partial charge in [0.1, 0.15) is 0 Å². The highest BCUT2D eigenvalue weighted by atomic mass is 32.1. The van der Waals surface area contributed by atoms with Gasteiger partial charge < -0.3 is 14.5 Å². The van der Waals surface area contributed by atoms with Gasteiger partial charge in [-0.2, -0.15) is 13.2 Å². The largest absolute Gasteiger partial charge is 0.455 e. The lowest BCUT2D eigenvalue weighted by molar-refractivity contribution is -0.157. The number of ether oxygens (including phenoxy) is 1. The molecule has 1 saturated heterocycles. The van der Waals surface area contributed by atoms with Crippen LogP contribution in [0.3, 0.4) is 0 Å². The maximum absolute atomic E-state index is 12.7. The summed E-state index contributed by atoms with van der Waals surface area (Å²) in [6.45, 7) is 1.41. The first kappa shape index (κ1) is 23.3. The van der Waals surface area contributed by atoms with Crippen molar-refractivity contribution in [2.75, 3.05) is 26.2 Å². The monoisotopic (exact) mass is 480 g/mol. The molecule has 0 radical (unpaired) electrons. The molecule has 2 aromatic rings. The van der Waals surface area contributed by atoms with E-state index in [9.17, 15) is 27.6 Å². The van der Waals surface area contributed by atoms with Crippen molar-refractivity contribution < 1.29 is 32.3 Å². The Balaban J connectivity index is 1.23. The Morgan fingerprint density at radius 1 is 1.00 bits per heavy atom. The van der Waals surface area contributed by atoms with Gasteiger partial charge in [0.15, 0.2) is 6.61 Å². The molecule has 6 nitrogen and oxygen atoms in total. The van der Waals surface area contributed by atoms with Crippen LogP contribution in [-0.4, -0.2) is 53.8 Å². The molecule has 0 spiro atoms. The molecule has 4 rings (SSSR count). The number of likely N-dealkylation sites (tertiary alicyclic amines) is 1. The molecule has 0 atom stereocenters. The van der Waals surface area contributed by atoms with Crippen LogP contribution in [0.4, 0.5) is 13.2 Å². The highest BCUT2D eigenvalue weighted by Crippen LogP contribution is 2.29. The number of rotatable bonds is 4. The molecule has 0 saturated carbocycles. The predicted molar refractivity (Wildman–Crippen MR) is 114 cm³/mol. The Kier molecular flexibility index (Phi) is 6.73. The van der Waals surface area contributed by atoms with Gasteiger partial charge in [0, 0.05) is 36.6 Å². The Labute approximate surface area is 192 Å². The summed E-state index contributed by atoms with van der Waals surface area (Å²) in [5.74, 6) is -1.48. The molecule has 33 heavy (non-hydrogen) atoms. The van der Waals surface area contributed by atoms with E-state index in [2.05, 4.69) is 0 Å². The molecule has 1 fully saturated rings. The highest BCUT2D eigenvalue weighted by Gasteiger charge is 2.32. The molecule has 2 amide bonds. The van der Waals surface area contributed by atoms with Crippen LogP contribution in [0.5, 0.6) is 0 Å². The zero-order chi connectivity index (χ0) is 23.6. The summed E-state index contributed by atoms with van der Waals surface area (Å²) in [6, 6.07) is 6.10. The number of carbonyl (C=O) groups excluding carboxylic acids is 3. The summed E-state index contributed by atoms with van der Waals surface area (Å²) < 4.78 is 43.3. The summed E-state index contributed by atoms with van der Waals surface area (Å²) in [7, 11) is 0. The topological polar surface area (TPSA) is 66.9 Å². The Morgan fingerprint density at radius 2 is 1.70 bits per heavy atom. The Morgan fingerprint density at radius 3 is 2.36 bits per heavy atom. The molecule has 0 aliphatic carbocycles. The van der Waals surface area contributed by atoms with Gasteiger partial charge in [0.2, 0.25) is 0 Å². The number of amides is 2. The highest BCUT2D eigenvalue weighted by molar-refractivity contribution is 7.10. The predicted octanol–water partition coefficient (Wildman–Crippen LogP) is 3.75. The average Bonchev–Trinajstić information content (AvgIpc) is 3.29. The van der Waals surface area contributed by atoms with Crippen molar-refractivity contribution in [2.24, 2.45) is 5.92 Å². The number of halogens is 3. The van der Waals surface area contributed by atoms with E-state index in [0.717, 1.165) is 36.2 Å². The van der Waals surface area contributed by atoms with Crippen LogP contribution < -0.4 is 0 Å². The normalized spacial score (nSPS) is 16.9. The van der Waals surface area contributed by atoms with Gasteiger partial charge in [-0.15, -0.1) is 11.3 Å². The minimum Gasteiger partial charge on any atom is -0.455 e. The van der Waals surface area contributed by atoms with Gasteiger partial charge in [-0.3, -0.25) is 14.4 Å². The fourth-order valence-electron chi connectivity index (χ4n) is 4.11. The number of thiophene rings is 1. The van der Waals surface area contributed by atoms with E-state index >= 15 is 0 Å². The number of hydrogen-bond acceptors (Lipinski definition) is 5. The van der Waals surface area contributed by atoms with Crippen LogP contribution >= 0.6 is 11.3 Å². The van der Waals surface area contributed by atoms with Crippen molar-refractivity contribution in [1.82, 2.24) is 9.80 Å². The van der Waals surface area contributed by atoms with E-state index in [4.69, 9.17) is 4.74 Å². The molecule has 1 aromatic carbocycles. The van der Waals surface area contributed by atoms with Crippen molar-refractivity contribution in [3.05, 3.63) is 57.3 Å². The van der Waals surface area contributed by atoms with E-state index in [0.29, 0.717) is 39.0 Å². The van der Waals surface area contributed by atoms with Gasteiger partial charge in [0.05, 0.1) is 11.5 Å². The number of alkyl halides is 3. The third kappa shape index (κ3) is 5.38. The lowest BCUT2D eigenvalue weighted by atomic mass is 9.96. The summed E-state index contributed by atoms with van der Waals surface area (Å²) >= 11 is 1.68. The second-order valence-corrected chi connectivity index (χ2v) is 9.18. The first-order valence-electron chi connectivity index (χ1n) is 10.7. The molecule has 0 unspecified atom stereocenters. The van der Waals surface area contributed by atoms with Crippen LogP contribution in [0, 0.1) is 5.92 Å². The third-order valence-corrected chi connectivity index (χ3v) is 7.10. The molecular formula is C23H23F3N2O4S. The van der Waals surface area contributed by atoms with Gasteiger partial charge in [-0.25, -0.2) is 0 Å². The maximum Gasteiger partial charge on any atom is 0.416 e. The number of benzene rings is 1. The number of carbonyl (C=O) groups is 3. The number of esters is 1. The van der Waals surface area contributed by atoms with Gasteiger partial charge >= 0.3 is 12.1 Å². The summed E-state index contributed by atoms with van der Waals surface area (Å²) in [4.78, 5) is 41.9. The zero-order valence-electron chi connectivity index (χ0n) is 17.8. The van der Waals surface area contributed by atoms with Crippen molar-refractivity contribution in [3.8, 4) is 0 Å². The van der Waals surface area contributed by atoms with Gasteiger partial charge in [0.25, 0.3) is 11.8 Å². The van der Waals surface area contributed by atoms with Gasteiger partial charge in [-0.1, -0.05) is 0 Å². The molecule has 0 bridgehead atoms. The lowest BCUT2D eigenvalue weighted by Gasteiger charge is -2.31. The van der Waals surface area contributed by atoms with E-state index in [1.54, 1.807) is 16.2 Å². The summed E-state index contributed by atoms with van der Waals surface area (Å²) in [5.41, 5.74) is 0.497. The van der Waals surface area contributed by atoms with E-state index < -0.39 is 23.6 Å². The average molecular weight is 481 g/mol. The summed E-state index contributed by atoms with van der Waals surface area (Å²) in [6.07, 6.45) is -2.90. The van der Waals surface area contributed by atoms with Crippen LogP contribution in [0.25, 0.3) is 0 Å². The minimum atomic E-state index is -4.46. The van der Waals surface area contributed by atoms with Crippen LogP contribution in [-0.2, 0) is 33.5 Å². The quantitative estimate of drug-likeness (QED) is 0.626. The molecule has 2 aliphatic heterocycles. The van der Waals surface area contributed by atoms with Crippen molar-refractivity contribution in [2.45, 2.75) is 32.0 Å². The van der Waals surface area contributed by atoms with Crippen LogP contribution in [0.1, 0.15) is 39.2 Å². The Bertz CT molecular complexity index is 1030. The minimum absolute atomic E-state index is 0.171. The third-order valence-electron chi connectivity index (χ3n) is 6.07. The second kappa shape index (κ2) is 9.54. The Hall–Kier alpha value is -2.88. The standard InChI is InChI=1S/C23H23F3N2O4S/c24-23(25,26)18-3-1-15(2-4-18)21(30)27-9-5-16(6-10-27)22(31)32-14-20(29)28-11-7-19-17(13-28)8-12-33-19/h1-4,8,12,16H,5-7,9-11,13-14H2. The van der Waals surface area contributed by atoms with Crippen molar-refractivity contribution in [1.29, 1.82) is 0 Å². The maximum atomic E-state index is 12.7. The van der Waals surface area contributed by atoms with Crippen molar-refractivity contribution >= 4 is 29.1 Å². The lowest BCUT2D eigenvalue weighted by Crippen LogP contribution is -2.42. The number of fused-ring (bicyclic) bond motifs is 1.